The molecule has 0 bridgehead atoms. The van der Waals surface area contributed by atoms with Crippen molar-refractivity contribution in [1.29, 1.82) is 0 Å². The SMILES string of the molecule is COc1ccc(C=O)cc1COc1cc(C)ccc1[N+](=O)[O-]. The lowest BCUT2D eigenvalue weighted by atomic mass is 10.1. The van der Waals surface area contributed by atoms with Crippen LogP contribution in [0.5, 0.6) is 11.5 Å². The van der Waals surface area contributed by atoms with Crippen molar-refractivity contribution < 1.29 is 19.2 Å². The Balaban J connectivity index is 2.28. The van der Waals surface area contributed by atoms with Crippen molar-refractivity contribution >= 4 is 12.0 Å². The van der Waals surface area contributed by atoms with E-state index in [1.807, 2.05) is 6.92 Å². The molecule has 22 heavy (non-hydrogen) atoms. The molecule has 0 radical (unpaired) electrons. The van der Waals surface area contributed by atoms with Gasteiger partial charge in [-0.2, -0.15) is 0 Å². The van der Waals surface area contributed by atoms with Gasteiger partial charge in [0.15, 0.2) is 5.75 Å². The fourth-order valence-corrected chi connectivity index (χ4v) is 2.03. The number of aryl methyl sites for hydroxylation is 1. The zero-order chi connectivity index (χ0) is 16.1. The van der Waals surface area contributed by atoms with Crippen molar-refractivity contribution in [3.8, 4) is 11.5 Å². The van der Waals surface area contributed by atoms with Crippen LogP contribution < -0.4 is 9.47 Å². The zero-order valence-electron chi connectivity index (χ0n) is 12.2. The van der Waals surface area contributed by atoms with E-state index in [0.717, 1.165) is 11.8 Å². The summed E-state index contributed by atoms with van der Waals surface area (Å²) >= 11 is 0. The lowest BCUT2D eigenvalue weighted by Crippen LogP contribution is -2.02. The fraction of sp³-hybridized carbons (Fsp3) is 0.188. The molecule has 114 valence electrons. The van der Waals surface area contributed by atoms with E-state index >= 15 is 0 Å². The van der Waals surface area contributed by atoms with Gasteiger partial charge in [-0.25, -0.2) is 0 Å². The number of nitro benzene ring substituents is 1. The summed E-state index contributed by atoms with van der Waals surface area (Å²) in [6.07, 6.45) is 0.720. The lowest BCUT2D eigenvalue weighted by Gasteiger charge is -2.11. The van der Waals surface area contributed by atoms with Gasteiger partial charge in [0.25, 0.3) is 0 Å². The van der Waals surface area contributed by atoms with E-state index in [4.69, 9.17) is 9.47 Å². The van der Waals surface area contributed by atoms with Gasteiger partial charge in [-0.1, -0.05) is 6.07 Å². The second kappa shape index (κ2) is 6.71. The molecule has 2 aromatic rings. The molecule has 0 aliphatic heterocycles. The molecule has 0 amide bonds. The van der Waals surface area contributed by atoms with E-state index in [2.05, 4.69) is 0 Å². The summed E-state index contributed by atoms with van der Waals surface area (Å²) in [5.41, 5.74) is 1.88. The van der Waals surface area contributed by atoms with Gasteiger partial charge in [-0.15, -0.1) is 0 Å². The standard InChI is InChI=1S/C16H15NO5/c1-11-3-5-14(17(19)20)16(7-11)22-10-13-8-12(9-18)4-6-15(13)21-2/h3-9H,10H2,1-2H3. The summed E-state index contributed by atoms with van der Waals surface area (Å²) in [5.74, 6) is 0.740. The average molecular weight is 301 g/mol. The maximum atomic E-state index is 11.0. The van der Waals surface area contributed by atoms with Crippen LogP contribution >= 0.6 is 0 Å². The third-order valence-electron chi connectivity index (χ3n) is 3.14. The number of carbonyl (C=O) groups excluding carboxylic acids is 1. The van der Waals surface area contributed by atoms with E-state index < -0.39 is 4.92 Å². The summed E-state index contributed by atoms with van der Waals surface area (Å²) in [6.45, 7) is 1.89. The summed E-state index contributed by atoms with van der Waals surface area (Å²) < 4.78 is 10.8. The van der Waals surface area contributed by atoms with E-state index in [9.17, 15) is 14.9 Å². The Morgan fingerprint density at radius 2 is 1.95 bits per heavy atom. The summed E-state index contributed by atoms with van der Waals surface area (Å²) in [7, 11) is 1.51. The highest BCUT2D eigenvalue weighted by Gasteiger charge is 2.16. The van der Waals surface area contributed by atoms with Crippen LogP contribution in [0.2, 0.25) is 0 Å². The molecule has 6 nitrogen and oxygen atoms in total. The van der Waals surface area contributed by atoms with E-state index in [0.29, 0.717) is 16.9 Å². The van der Waals surface area contributed by atoms with Gasteiger partial charge in [0.1, 0.15) is 18.6 Å². The summed E-state index contributed by atoms with van der Waals surface area (Å²) in [5, 5.41) is 11.0. The third kappa shape index (κ3) is 3.41. The average Bonchev–Trinajstić information content (AvgIpc) is 2.52. The Morgan fingerprint density at radius 1 is 1.18 bits per heavy atom. The van der Waals surface area contributed by atoms with Crippen LogP contribution in [0, 0.1) is 17.0 Å². The fourth-order valence-electron chi connectivity index (χ4n) is 2.03. The van der Waals surface area contributed by atoms with Crippen LogP contribution in [0.25, 0.3) is 0 Å². The minimum atomic E-state index is -0.492. The maximum Gasteiger partial charge on any atom is 0.310 e. The number of benzene rings is 2. The molecule has 0 atom stereocenters. The molecule has 0 unspecified atom stereocenters. The number of hydrogen-bond donors (Lipinski definition) is 0. The van der Waals surface area contributed by atoms with E-state index in [1.165, 1.54) is 13.2 Å². The van der Waals surface area contributed by atoms with Crippen LogP contribution in [0.3, 0.4) is 0 Å². The highest BCUT2D eigenvalue weighted by atomic mass is 16.6. The highest BCUT2D eigenvalue weighted by Crippen LogP contribution is 2.29. The number of nitro groups is 1. The van der Waals surface area contributed by atoms with Crippen molar-refractivity contribution in [2.24, 2.45) is 0 Å². The first-order valence-corrected chi connectivity index (χ1v) is 6.55. The first kappa shape index (κ1) is 15.5. The van der Waals surface area contributed by atoms with Crippen LogP contribution in [0.15, 0.2) is 36.4 Å². The van der Waals surface area contributed by atoms with Gasteiger partial charge in [0.05, 0.1) is 12.0 Å². The first-order valence-electron chi connectivity index (χ1n) is 6.55. The van der Waals surface area contributed by atoms with Gasteiger partial charge in [0, 0.05) is 17.2 Å². The number of carbonyl (C=O) groups is 1. The Morgan fingerprint density at radius 3 is 2.59 bits per heavy atom. The third-order valence-corrected chi connectivity index (χ3v) is 3.14. The Hall–Kier alpha value is -2.89. The normalized spacial score (nSPS) is 10.1. The number of rotatable bonds is 6. The van der Waals surface area contributed by atoms with E-state index in [-0.39, 0.29) is 18.0 Å². The maximum absolute atomic E-state index is 11.0. The Labute approximate surface area is 127 Å². The molecule has 0 N–H and O–H groups in total. The molecule has 0 saturated carbocycles. The predicted octanol–water partition coefficient (Wildman–Crippen LogP) is 3.30. The molecule has 0 aliphatic rings. The van der Waals surface area contributed by atoms with Gasteiger partial charge in [-0.3, -0.25) is 14.9 Å². The molecule has 2 aromatic carbocycles. The molecule has 0 aromatic heterocycles. The predicted molar refractivity (Wildman–Crippen MR) is 80.5 cm³/mol. The number of nitrogens with zero attached hydrogens (tertiary/aromatic N) is 1. The molecule has 2 rings (SSSR count). The van der Waals surface area contributed by atoms with Crippen molar-refractivity contribution in [2.75, 3.05) is 7.11 Å². The van der Waals surface area contributed by atoms with E-state index in [1.54, 1.807) is 30.3 Å². The summed E-state index contributed by atoms with van der Waals surface area (Å²) in [4.78, 5) is 21.4. The van der Waals surface area contributed by atoms with Crippen molar-refractivity contribution in [1.82, 2.24) is 0 Å². The topological polar surface area (TPSA) is 78.7 Å². The minimum Gasteiger partial charge on any atom is -0.496 e. The number of ether oxygens (including phenoxy) is 2. The minimum absolute atomic E-state index is 0.0646. The van der Waals surface area contributed by atoms with Crippen molar-refractivity contribution in [3.05, 3.63) is 63.2 Å². The smallest absolute Gasteiger partial charge is 0.310 e. The molecule has 0 spiro atoms. The number of methoxy groups -OCH3 is 1. The van der Waals surface area contributed by atoms with Crippen molar-refractivity contribution in [3.63, 3.8) is 0 Å². The monoisotopic (exact) mass is 301 g/mol. The van der Waals surface area contributed by atoms with Crippen LogP contribution in [0.1, 0.15) is 21.5 Å². The molecular weight excluding hydrogens is 286 g/mol. The Kier molecular flexibility index (Phi) is 4.73. The second-order valence-corrected chi connectivity index (χ2v) is 4.71. The first-order chi connectivity index (χ1) is 10.5. The quantitative estimate of drug-likeness (QED) is 0.464. The molecule has 0 fully saturated rings. The number of hydrogen-bond acceptors (Lipinski definition) is 5. The largest absolute Gasteiger partial charge is 0.496 e. The second-order valence-electron chi connectivity index (χ2n) is 4.71. The molecule has 0 aliphatic carbocycles. The highest BCUT2D eigenvalue weighted by molar-refractivity contribution is 5.75. The van der Waals surface area contributed by atoms with Crippen LogP contribution in [-0.2, 0) is 6.61 Å². The van der Waals surface area contributed by atoms with Gasteiger partial charge in [0.2, 0.25) is 0 Å². The molecule has 6 heteroatoms. The Bertz CT molecular complexity index is 712. The van der Waals surface area contributed by atoms with Crippen LogP contribution in [-0.4, -0.2) is 18.3 Å². The van der Waals surface area contributed by atoms with Gasteiger partial charge in [-0.05, 0) is 36.8 Å². The summed E-state index contributed by atoms with van der Waals surface area (Å²) in [6, 6.07) is 9.58. The van der Waals surface area contributed by atoms with Gasteiger partial charge < -0.3 is 9.47 Å². The molecular formula is C16H15NO5. The molecule has 0 saturated heterocycles. The lowest BCUT2D eigenvalue weighted by molar-refractivity contribution is -0.386. The van der Waals surface area contributed by atoms with Crippen LogP contribution in [0.4, 0.5) is 5.69 Å². The zero-order valence-corrected chi connectivity index (χ0v) is 12.2. The van der Waals surface area contributed by atoms with Gasteiger partial charge >= 0.3 is 5.69 Å². The number of aldehydes is 1. The van der Waals surface area contributed by atoms with Crippen molar-refractivity contribution in [2.45, 2.75) is 13.5 Å². The molecule has 0 heterocycles.